The molecule has 0 saturated heterocycles. The molecule has 0 saturated carbocycles. The fourth-order valence-corrected chi connectivity index (χ4v) is 2.47. The number of ether oxygens (including phenoxy) is 1. The van der Waals surface area contributed by atoms with Crippen molar-refractivity contribution in [3.63, 3.8) is 0 Å². The standard InChI is InChI=1S/C14H14ClN3O/c1-10-12(9-16)13(15)14(18(10)7-8-19-2)11-3-5-17-6-4-11/h3-6H,7-8H2,1-2H3. The fourth-order valence-electron chi connectivity index (χ4n) is 2.08. The summed E-state index contributed by atoms with van der Waals surface area (Å²) < 4.78 is 7.13. The Morgan fingerprint density at radius 3 is 2.68 bits per heavy atom. The summed E-state index contributed by atoms with van der Waals surface area (Å²) in [6.07, 6.45) is 3.42. The molecule has 0 amide bonds. The Bertz CT molecular complexity index is 614. The van der Waals surface area contributed by atoms with Crippen molar-refractivity contribution in [1.82, 2.24) is 9.55 Å². The first-order valence-corrected chi connectivity index (χ1v) is 6.26. The van der Waals surface area contributed by atoms with Crippen LogP contribution in [0.3, 0.4) is 0 Å². The van der Waals surface area contributed by atoms with Gasteiger partial charge in [-0.25, -0.2) is 0 Å². The van der Waals surface area contributed by atoms with Crippen LogP contribution in [0.2, 0.25) is 5.02 Å². The van der Waals surface area contributed by atoms with Crippen LogP contribution in [0.1, 0.15) is 11.3 Å². The second-order valence-corrected chi connectivity index (χ2v) is 4.49. The van der Waals surface area contributed by atoms with Crippen molar-refractivity contribution < 1.29 is 4.74 Å². The average Bonchev–Trinajstić information content (AvgIpc) is 2.68. The predicted octanol–water partition coefficient (Wildman–Crippen LogP) is 3.03. The molecule has 0 aliphatic rings. The summed E-state index contributed by atoms with van der Waals surface area (Å²) in [5.74, 6) is 0. The van der Waals surface area contributed by atoms with Crippen molar-refractivity contribution in [3.05, 3.63) is 40.8 Å². The molecule has 19 heavy (non-hydrogen) atoms. The largest absolute Gasteiger partial charge is 0.383 e. The molecule has 2 aromatic rings. The van der Waals surface area contributed by atoms with Gasteiger partial charge >= 0.3 is 0 Å². The SMILES string of the molecule is COCCn1c(C)c(C#N)c(Cl)c1-c1ccncc1. The zero-order chi connectivity index (χ0) is 13.8. The minimum absolute atomic E-state index is 0.488. The number of nitrogens with zero attached hydrogens (tertiary/aromatic N) is 3. The number of halogens is 1. The Balaban J connectivity index is 2.61. The minimum Gasteiger partial charge on any atom is -0.383 e. The van der Waals surface area contributed by atoms with Gasteiger partial charge in [-0.3, -0.25) is 4.98 Å². The van der Waals surface area contributed by atoms with Crippen LogP contribution in [-0.2, 0) is 11.3 Å². The van der Waals surface area contributed by atoms with Gasteiger partial charge in [-0.05, 0) is 19.1 Å². The van der Waals surface area contributed by atoms with Crippen molar-refractivity contribution >= 4 is 11.6 Å². The number of aromatic nitrogens is 2. The summed E-state index contributed by atoms with van der Waals surface area (Å²) in [4.78, 5) is 4.00. The molecule has 5 heteroatoms. The molecule has 2 rings (SSSR count). The van der Waals surface area contributed by atoms with E-state index >= 15 is 0 Å². The first kappa shape index (κ1) is 13.6. The van der Waals surface area contributed by atoms with Gasteiger partial charge in [-0.1, -0.05) is 11.6 Å². The third kappa shape index (κ3) is 2.48. The summed E-state index contributed by atoms with van der Waals surface area (Å²) in [7, 11) is 1.65. The van der Waals surface area contributed by atoms with E-state index in [1.165, 1.54) is 0 Å². The highest BCUT2D eigenvalue weighted by molar-refractivity contribution is 6.34. The summed E-state index contributed by atoms with van der Waals surface area (Å²) >= 11 is 6.34. The Kier molecular flexibility index (Phi) is 4.20. The quantitative estimate of drug-likeness (QED) is 0.862. The van der Waals surface area contributed by atoms with E-state index in [4.69, 9.17) is 16.3 Å². The van der Waals surface area contributed by atoms with Crippen molar-refractivity contribution in [2.45, 2.75) is 13.5 Å². The maximum absolute atomic E-state index is 9.22. The molecule has 0 spiro atoms. The molecule has 2 aromatic heterocycles. The van der Waals surface area contributed by atoms with Gasteiger partial charge in [0.15, 0.2) is 0 Å². The van der Waals surface area contributed by atoms with E-state index < -0.39 is 0 Å². The van der Waals surface area contributed by atoms with Crippen LogP contribution in [0.25, 0.3) is 11.3 Å². The lowest BCUT2D eigenvalue weighted by molar-refractivity contribution is 0.187. The molecule has 0 bridgehead atoms. The van der Waals surface area contributed by atoms with Crippen LogP contribution in [0.4, 0.5) is 0 Å². The van der Waals surface area contributed by atoms with E-state index in [0.29, 0.717) is 23.7 Å². The molecule has 0 aliphatic carbocycles. The van der Waals surface area contributed by atoms with E-state index in [1.54, 1.807) is 19.5 Å². The number of rotatable bonds is 4. The Labute approximate surface area is 117 Å². The highest BCUT2D eigenvalue weighted by Crippen LogP contribution is 2.34. The third-order valence-corrected chi connectivity index (χ3v) is 3.42. The number of nitriles is 1. The maximum Gasteiger partial charge on any atom is 0.103 e. The zero-order valence-electron chi connectivity index (χ0n) is 10.9. The molecule has 4 nitrogen and oxygen atoms in total. The monoisotopic (exact) mass is 275 g/mol. The number of pyridine rings is 1. The molecule has 2 heterocycles. The van der Waals surface area contributed by atoms with Gasteiger partial charge in [0, 0.05) is 37.3 Å². The highest BCUT2D eigenvalue weighted by atomic mass is 35.5. The van der Waals surface area contributed by atoms with Crippen molar-refractivity contribution in [2.75, 3.05) is 13.7 Å². The van der Waals surface area contributed by atoms with E-state index in [0.717, 1.165) is 17.0 Å². The second-order valence-electron chi connectivity index (χ2n) is 4.12. The number of hydrogen-bond acceptors (Lipinski definition) is 3. The lowest BCUT2D eigenvalue weighted by atomic mass is 10.2. The van der Waals surface area contributed by atoms with Gasteiger partial charge in [-0.15, -0.1) is 0 Å². The minimum atomic E-state index is 0.488. The molecular weight excluding hydrogens is 262 g/mol. The van der Waals surface area contributed by atoms with Crippen LogP contribution in [0.15, 0.2) is 24.5 Å². The average molecular weight is 276 g/mol. The maximum atomic E-state index is 9.22. The molecule has 0 unspecified atom stereocenters. The van der Waals surface area contributed by atoms with Gasteiger partial charge < -0.3 is 9.30 Å². The smallest absolute Gasteiger partial charge is 0.103 e. The fraction of sp³-hybridized carbons (Fsp3) is 0.286. The summed E-state index contributed by atoms with van der Waals surface area (Å²) in [5, 5.41) is 9.71. The van der Waals surface area contributed by atoms with Gasteiger partial charge in [0.2, 0.25) is 0 Å². The lowest BCUT2D eigenvalue weighted by Gasteiger charge is -2.11. The van der Waals surface area contributed by atoms with E-state index in [1.807, 2.05) is 23.6 Å². The Hall–Kier alpha value is -1.83. The molecule has 0 fully saturated rings. The van der Waals surface area contributed by atoms with Gasteiger partial charge in [-0.2, -0.15) is 5.26 Å². The number of methoxy groups -OCH3 is 1. The van der Waals surface area contributed by atoms with Gasteiger partial charge in [0.25, 0.3) is 0 Å². The van der Waals surface area contributed by atoms with E-state index in [2.05, 4.69) is 11.1 Å². The van der Waals surface area contributed by atoms with Gasteiger partial charge in [0.1, 0.15) is 6.07 Å². The molecule has 0 radical (unpaired) electrons. The predicted molar refractivity (Wildman–Crippen MR) is 74.0 cm³/mol. The molecule has 0 aliphatic heterocycles. The van der Waals surface area contributed by atoms with Crippen molar-refractivity contribution in [2.24, 2.45) is 0 Å². The van der Waals surface area contributed by atoms with Crippen LogP contribution in [0.5, 0.6) is 0 Å². The third-order valence-electron chi connectivity index (χ3n) is 3.05. The topological polar surface area (TPSA) is 50.8 Å². The molecular formula is C14H14ClN3O. The molecule has 0 aromatic carbocycles. The number of hydrogen-bond donors (Lipinski definition) is 0. The van der Waals surface area contributed by atoms with Gasteiger partial charge in [0.05, 0.1) is 22.9 Å². The summed E-state index contributed by atoms with van der Waals surface area (Å²) in [5.41, 5.74) is 3.16. The highest BCUT2D eigenvalue weighted by Gasteiger charge is 2.19. The zero-order valence-corrected chi connectivity index (χ0v) is 11.6. The molecule has 0 N–H and O–H groups in total. The lowest BCUT2D eigenvalue weighted by Crippen LogP contribution is -2.07. The molecule has 0 atom stereocenters. The van der Waals surface area contributed by atoms with Crippen molar-refractivity contribution in [3.8, 4) is 17.3 Å². The first-order chi connectivity index (χ1) is 9.20. The van der Waals surface area contributed by atoms with E-state index in [9.17, 15) is 5.26 Å². The van der Waals surface area contributed by atoms with Crippen LogP contribution in [-0.4, -0.2) is 23.3 Å². The Morgan fingerprint density at radius 1 is 1.42 bits per heavy atom. The first-order valence-electron chi connectivity index (χ1n) is 5.88. The van der Waals surface area contributed by atoms with Crippen LogP contribution < -0.4 is 0 Å². The molecule has 98 valence electrons. The van der Waals surface area contributed by atoms with Crippen molar-refractivity contribution in [1.29, 1.82) is 5.26 Å². The second kappa shape index (κ2) is 5.87. The van der Waals surface area contributed by atoms with Crippen LogP contribution >= 0.6 is 11.6 Å². The summed E-state index contributed by atoms with van der Waals surface area (Å²) in [6, 6.07) is 5.92. The van der Waals surface area contributed by atoms with E-state index in [-0.39, 0.29) is 0 Å². The van der Waals surface area contributed by atoms with Crippen LogP contribution in [0, 0.1) is 18.3 Å². The Morgan fingerprint density at radius 2 is 2.11 bits per heavy atom. The normalized spacial score (nSPS) is 10.4. The summed E-state index contributed by atoms with van der Waals surface area (Å²) in [6.45, 7) is 3.11.